The molecule has 0 aromatic heterocycles. The van der Waals surface area contributed by atoms with Crippen LogP contribution in [0.2, 0.25) is 10.0 Å². The number of unbranched alkanes of at least 4 members (excludes halogenated alkanes) is 1. The lowest BCUT2D eigenvalue weighted by molar-refractivity contribution is 0.182. The molecular weight excluding hydrogens is 507 g/mol. The first kappa shape index (κ1) is 26.4. The van der Waals surface area contributed by atoms with Crippen LogP contribution in [0.4, 0.5) is 0 Å². The van der Waals surface area contributed by atoms with Crippen LogP contribution < -0.4 is 14.2 Å². The molecule has 1 N–H and O–H groups in total. The zero-order valence-corrected chi connectivity index (χ0v) is 21.8. The second-order valence-electron chi connectivity index (χ2n) is 8.18. The number of ether oxygens (including phenoxy) is 2. The van der Waals surface area contributed by atoms with Gasteiger partial charge in [0.2, 0.25) is 10.0 Å². The minimum absolute atomic E-state index is 0. The van der Waals surface area contributed by atoms with E-state index in [0.29, 0.717) is 17.6 Å². The maximum absolute atomic E-state index is 12.5. The Kier molecular flexibility index (Phi) is 8.81. The van der Waals surface area contributed by atoms with Gasteiger partial charge in [-0.2, -0.15) is 0 Å². The van der Waals surface area contributed by atoms with E-state index in [9.17, 15) is 8.42 Å². The van der Waals surface area contributed by atoms with Gasteiger partial charge in [0.15, 0.2) is 11.5 Å². The van der Waals surface area contributed by atoms with Gasteiger partial charge in [0.25, 0.3) is 0 Å². The van der Waals surface area contributed by atoms with E-state index in [1.54, 1.807) is 20.3 Å². The van der Waals surface area contributed by atoms with Gasteiger partial charge in [0.1, 0.15) is 4.90 Å². The number of hydrogen-bond donors (Lipinski definition) is 1. The number of hydrogen-bond acceptors (Lipinski definition) is 5. The molecule has 0 spiro atoms. The van der Waals surface area contributed by atoms with Crippen LogP contribution in [0.1, 0.15) is 42.0 Å². The van der Waals surface area contributed by atoms with E-state index < -0.39 is 10.0 Å². The van der Waals surface area contributed by atoms with E-state index >= 15 is 0 Å². The highest BCUT2D eigenvalue weighted by Crippen LogP contribution is 2.48. The molecule has 2 aromatic carbocycles. The smallest absolute Gasteiger partial charge is 0.242 e. The van der Waals surface area contributed by atoms with Crippen molar-refractivity contribution in [3.63, 3.8) is 0 Å². The predicted molar refractivity (Wildman–Crippen MR) is 134 cm³/mol. The fourth-order valence-electron chi connectivity index (χ4n) is 4.90. The first-order valence-corrected chi connectivity index (χ1v) is 13.0. The Morgan fingerprint density at radius 2 is 1.91 bits per heavy atom. The summed E-state index contributed by atoms with van der Waals surface area (Å²) < 4.78 is 38.9. The van der Waals surface area contributed by atoms with Gasteiger partial charge < -0.3 is 9.47 Å². The van der Waals surface area contributed by atoms with Gasteiger partial charge >= 0.3 is 0 Å². The van der Waals surface area contributed by atoms with Crippen LogP contribution in [0.25, 0.3) is 0 Å². The van der Waals surface area contributed by atoms with Crippen molar-refractivity contribution >= 4 is 45.6 Å². The SMILES string of the molecule is COc1cc2c3c(c1OC)CCC3N(CCCCNS(=O)(=O)c1cc(Cl)ccc1Cl)CC2.Cl. The van der Waals surface area contributed by atoms with E-state index in [2.05, 4.69) is 15.7 Å². The lowest BCUT2D eigenvalue weighted by Crippen LogP contribution is -2.35. The number of halogens is 3. The number of sulfonamides is 1. The molecular formula is C23H29Cl3N2O4S. The second kappa shape index (κ2) is 11.0. The molecule has 10 heteroatoms. The van der Waals surface area contributed by atoms with Crippen molar-refractivity contribution in [1.29, 1.82) is 0 Å². The molecule has 0 bridgehead atoms. The molecule has 4 rings (SSSR count). The fourth-order valence-corrected chi connectivity index (χ4v) is 6.73. The van der Waals surface area contributed by atoms with Crippen molar-refractivity contribution in [2.24, 2.45) is 0 Å². The van der Waals surface area contributed by atoms with Gasteiger partial charge in [-0.25, -0.2) is 13.1 Å². The summed E-state index contributed by atoms with van der Waals surface area (Å²) in [5, 5.41) is 0.503. The molecule has 1 unspecified atom stereocenters. The number of nitrogens with one attached hydrogen (secondary N) is 1. The Morgan fingerprint density at radius 3 is 2.64 bits per heavy atom. The van der Waals surface area contributed by atoms with Crippen LogP contribution >= 0.6 is 35.6 Å². The van der Waals surface area contributed by atoms with Gasteiger partial charge in [0.05, 0.1) is 19.2 Å². The molecule has 0 saturated heterocycles. The summed E-state index contributed by atoms with van der Waals surface area (Å²) in [5.41, 5.74) is 4.05. The highest BCUT2D eigenvalue weighted by molar-refractivity contribution is 7.89. The molecule has 2 aliphatic rings. The van der Waals surface area contributed by atoms with Crippen molar-refractivity contribution in [2.45, 2.75) is 43.0 Å². The Hall–Kier alpha value is -1.22. The zero-order chi connectivity index (χ0) is 22.9. The van der Waals surface area contributed by atoms with Crippen molar-refractivity contribution in [3.05, 3.63) is 51.0 Å². The number of nitrogens with zero attached hydrogens (tertiary/aromatic N) is 1. The van der Waals surface area contributed by atoms with Crippen LogP contribution in [0.3, 0.4) is 0 Å². The molecule has 0 fully saturated rings. The van der Waals surface area contributed by atoms with Gasteiger partial charge in [-0.3, -0.25) is 4.90 Å². The van der Waals surface area contributed by atoms with Gasteiger partial charge in [0, 0.05) is 29.7 Å². The summed E-state index contributed by atoms with van der Waals surface area (Å²) in [6.07, 6.45) is 4.70. The summed E-state index contributed by atoms with van der Waals surface area (Å²) in [5.74, 6) is 1.69. The second-order valence-corrected chi connectivity index (χ2v) is 10.8. The third kappa shape index (κ3) is 5.39. The van der Waals surface area contributed by atoms with Gasteiger partial charge in [-0.05, 0) is 74.0 Å². The molecule has 1 aliphatic carbocycles. The summed E-state index contributed by atoms with van der Waals surface area (Å²) in [6.45, 7) is 2.28. The Balaban J connectivity index is 0.00000306. The molecule has 0 amide bonds. The van der Waals surface area contributed by atoms with Crippen molar-refractivity contribution in [2.75, 3.05) is 33.9 Å². The molecule has 6 nitrogen and oxygen atoms in total. The van der Waals surface area contributed by atoms with Crippen LogP contribution in [-0.4, -0.2) is 47.2 Å². The maximum Gasteiger partial charge on any atom is 0.242 e. The highest BCUT2D eigenvalue weighted by Gasteiger charge is 2.36. The van der Waals surface area contributed by atoms with Crippen LogP contribution in [-0.2, 0) is 22.9 Å². The minimum Gasteiger partial charge on any atom is -0.493 e. The fraction of sp³-hybridized carbons (Fsp3) is 0.478. The third-order valence-electron chi connectivity index (χ3n) is 6.36. The molecule has 1 atom stereocenters. The summed E-state index contributed by atoms with van der Waals surface area (Å²) in [6, 6.07) is 6.96. The van der Waals surface area contributed by atoms with E-state index in [-0.39, 0.29) is 22.3 Å². The largest absolute Gasteiger partial charge is 0.493 e. The van der Waals surface area contributed by atoms with Crippen molar-refractivity contribution < 1.29 is 17.9 Å². The van der Waals surface area contributed by atoms with Crippen molar-refractivity contribution in [3.8, 4) is 11.5 Å². The first-order chi connectivity index (χ1) is 15.4. The zero-order valence-electron chi connectivity index (χ0n) is 18.7. The van der Waals surface area contributed by atoms with Crippen LogP contribution in [0, 0.1) is 0 Å². The number of methoxy groups -OCH3 is 2. The van der Waals surface area contributed by atoms with E-state index in [1.165, 1.54) is 28.8 Å². The third-order valence-corrected chi connectivity index (χ3v) is 8.53. The standard InChI is InChI=1S/C23H28Cl2N2O4S.ClH/c1-30-20-13-15-9-12-27(19-8-6-17(22(15)19)23(20)31-2)11-4-3-10-26-32(28,29)21-14-16(24)5-7-18(21)25;/h5,7,13-14,19,26H,3-4,6,8-12H2,1-2H3;1H. The van der Waals surface area contributed by atoms with Gasteiger partial charge in [-0.1, -0.05) is 23.2 Å². The lowest BCUT2D eigenvalue weighted by atomic mass is 9.92. The Bertz CT molecular complexity index is 1110. The molecule has 1 aliphatic heterocycles. The maximum atomic E-state index is 12.5. The van der Waals surface area contributed by atoms with Crippen molar-refractivity contribution in [1.82, 2.24) is 9.62 Å². The highest BCUT2D eigenvalue weighted by atomic mass is 35.5. The number of rotatable bonds is 9. The minimum atomic E-state index is -3.69. The lowest BCUT2D eigenvalue weighted by Gasteiger charge is -2.35. The average Bonchev–Trinajstić information content (AvgIpc) is 3.22. The summed E-state index contributed by atoms with van der Waals surface area (Å²) in [7, 11) is -0.298. The summed E-state index contributed by atoms with van der Waals surface area (Å²) in [4.78, 5) is 2.54. The average molecular weight is 536 g/mol. The topological polar surface area (TPSA) is 67.9 Å². The summed E-state index contributed by atoms with van der Waals surface area (Å²) >= 11 is 12.0. The molecule has 182 valence electrons. The quantitative estimate of drug-likeness (QED) is 0.456. The Labute approximate surface area is 212 Å². The molecule has 2 aromatic rings. The normalized spacial score (nSPS) is 17.4. The monoisotopic (exact) mass is 534 g/mol. The molecule has 0 saturated carbocycles. The first-order valence-electron chi connectivity index (χ1n) is 10.8. The Morgan fingerprint density at radius 1 is 1.12 bits per heavy atom. The predicted octanol–water partition coefficient (Wildman–Crippen LogP) is 5.04. The molecule has 1 heterocycles. The van der Waals surface area contributed by atoms with E-state index in [1.807, 2.05) is 0 Å². The molecule has 0 radical (unpaired) electrons. The van der Waals surface area contributed by atoms with E-state index in [0.717, 1.165) is 56.7 Å². The molecule has 33 heavy (non-hydrogen) atoms. The van der Waals surface area contributed by atoms with Crippen LogP contribution in [0.5, 0.6) is 11.5 Å². The van der Waals surface area contributed by atoms with E-state index in [4.69, 9.17) is 32.7 Å². The van der Waals surface area contributed by atoms with Gasteiger partial charge in [-0.15, -0.1) is 12.4 Å². The number of benzene rings is 2. The van der Waals surface area contributed by atoms with Crippen LogP contribution in [0.15, 0.2) is 29.2 Å².